The molecule has 1 N–H and O–H groups in total. The first-order valence-electron chi connectivity index (χ1n) is 16.3. The Labute approximate surface area is 282 Å². The zero-order valence-electron chi connectivity index (χ0n) is 30.6. The number of aliphatic hydroxyl groups is 1. The average molecular weight is 774 g/mol. The van der Waals surface area contributed by atoms with E-state index in [4.69, 9.17) is 12.7 Å². The van der Waals surface area contributed by atoms with E-state index in [1.807, 2.05) is 88.3 Å². The van der Waals surface area contributed by atoms with Crippen LogP contribution in [0.5, 0.6) is 0 Å². The molecule has 0 spiro atoms. The number of fused-ring (bicyclic) bond motifs is 3. The summed E-state index contributed by atoms with van der Waals surface area (Å²) in [6.07, 6.45) is 2.99. The van der Waals surface area contributed by atoms with Crippen LogP contribution in [0.2, 0.25) is 0 Å². The van der Waals surface area contributed by atoms with Crippen molar-refractivity contribution in [1.29, 1.82) is 0 Å². The van der Waals surface area contributed by atoms with Gasteiger partial charge in [-0.1, -0.05) is 113 Å². The van der Waals surface area contributed by atoms with Gasteiger partial charge in [-0.15, -0.1) is 34.9 Å². The van der Waals surface area contributed by atoms with Crippen molar-refractivity contribution >= 4 is 27.5 Å². The third-order valence-corrected chi connectivity index (χ3v) is 8.49. The quantitative estimate of drug-likeness (QED) is 0.0838. The maximum absolute atomic E-state index is 11.8. The van der Waals surface area contributed by atoms with Crippen molar-refractivity contribution in [2.24, 2.45) is 10.8 Å². The standard InChI is InChI=1S/C26H27N2.C13H24O2.Ir/c1-15(2)21-9-7-8-19-10-11-22-24(20-13-17(5)12-18(6)14-20)27-26(16(3)4)28-25(22)23(19)21;1-7-12(3,4)10(14)9-11(15)13(5,6)8-2;/h7-13,15-16H,1-6H3;9,14H,7-8H2,1-6H3;/q-1;;/b;10-9-;/i15D,16D;;. The summed E-state index contributed by atoms with van der Waals surface area (Å²) >= 11 is 0. The number of nitrogens with zero attached hydrogens (tertiary/aromatic N) is 2. The molecule has 44 heavy (non-hydrogen) atoms. The van der Waals surface area contributed by atoms with E-state index >= 15 is 0 Å². The van der Waals surface area contributed by atoms with Gasteiger partial charge in [0.05, 0.1) is 5.52 Å². The zero-order chi connectivity index (χ0) is 34.1. The second-order valence-electron chi connectivity index (χ2n) is 13.4. The number of hydrogen-bond donors (Lipinski definition) is 1. The Balaban J connectivity index is 0.000000394. The molecule has 4 nitrogen and oxygen atoms in total. The molecule has 0 saturated heterocycles. The van der Waals surface area contributed by atoms with Crippen LogP contribution in [0.4, 0.5) is 0 Å². The van der Waals surface area contributed by atoms with Crippen LogP contribution in [0.15, 0.2) is 54.3 Å². The van der Waals surface area contributed by atoms with Crippen LogP contribution in [0, 0.1) is 30.7 Å². The summed E-state index contributed by atoms with van der Waals surface area (Å²) in [4.78, 5) is 21.6. The number of hydrogen-bond acceptors (Lipinski definition) is 4. The van der Waals surface area contributed by atoms with Gasteiger partial charge >= 0.3 is 0 Å². The monoisotopic (exact) mass is 774 g/mol. The number of benzene rings is 3. The predicted octanol–water partition coefficient (Wildman–Crippen LogP) is 11.0. The first-order valence-corrected chi connectivity index (χ1v) is 15.3. The van der Waals surface area contributed by atoms with E-state index < -0.39 is 11.8 Å². The largest absolute Gasteiger partial charge is 0.512 e. The number of aromatic nitrogens is 2. The molecule has 0 amide bonds. The third-order valence-electron chi connectivity index (χ3n) is 8.49. The predicted molar refractivity (Wildman–Crippen MR) is 183 cm³/mol. The molecular formula is C39H51IrN2O2-. The fourth-order valence-electron chi connectivity index (χ4n) is 4.70. The van der Waals surface area contributed by atoms with Gasteiger partial charge in [-0.3, -0.25) is 9.78 Å². The molecule has 5 heteroatoms. The molecule has 0 atom stereocenters. The van der Waals surface area contributed by atoms with Gasteiger partial charge in [0.2, 0.25) is 0 Å². The number of aliphatic hydroxyl groups excluding tert-OH is 1. The van der Waals surface area contributed by atoms with Gasteiger partial charge in [0.25, 0.3) is 0 Å². The van der Waals surface area contributed by atoms with Crippen LogP contribution >= 0.6 is 0 Å². The van der Waals surface area contributed by atoms with Crippen LogP contribution in [0.3, 0.4) is 0 Å². The van der Waals surface area contributed by atoms with Crippen LogP contribution in [-0.2, 0) is 24.9 Å². The molecule has 0 fully saturated rings. The van der Waals surface area contributed by atoms with Crippen molar-refractivity contribution in [3.8, 4) is 11.3 Å². The van der Waals surface area contributed by atoms with Gasteiger partial charge in [-0.05, 0) is 40.8 Å². The van der Waals surface area contributed by atoms with E-state index in [-0.39, 0.29) is 42.5 Å². The molecule has 0 aliphatic rings. The molecule has 4 aromatic rings. The molecule has 239 valence electrons. The fourth-order valence-corrected chi connectivity index (χ4v) is 4.70. The van der Waals surface area contributed by atoms with Gasteiger partial charge in [0.1, 0.15) is 11.6 Å². The fraction of sp³-hybridized carbons (Fsp3) is 0.462. The summed E-state index contributed by atoms with van der Waals surface area (Å²) in [7, 11) is 0. The topological polar surface area (TPSA) is 63.1 Å². The number of carbonyl (C=O) groups excluding carboxylic acids is 1. The summed E-state index contributed by atoms with van der Waals surface area (Å²) in [6.45, 7) is 23.2. The molecule has 0 aliphatic heterocycles. The summed E-state index contributed by atoms with van der Waals surface area (Å²) < 4.78 is 17.3. The summed E-state index contributed by atoms with van der Waals surface area (Å²) in [5.41, 5.74) is 4.95. The Bertz CT molecular complexity index is 1730. The number of allylic oxidation sites excluding steroid dienone is 2. The molecule has 1 heterocycles. The minimum Gasteiger partial charge on any atom is -0.512 e. The van der Waals surface area contributed by atoms with E-state index in [1.54, 1.807) is 0 Å². The molecule has 4 rings (SSSR count). The van der Waals surface area contributed by atoms with E-state index in [0.717, 1.165) is 62.5 Å². The second-order valence-corrected chi connectivity index (χ2v) is 13.4. The van der Waals surface area contributed by atoms with Crippen molar-refractivity contribution in [3.63, 3.8) is 0 Å². The summed E-state index contributed by atoms with van der Waals surface area (Å²) in [5, 5.41) is 12.8. The number of rotatable bonds is 8. The van der Waals surface area contributed by atoms with Crippen LogP contribution in [-0.4, -0.2) is 20.9 Å². The first kappa shape index (κ1) is 34.0. The molecule has 3 aromatic carbocycles. The first-order chi connectivity index (χ1) is 20.6. The molecule has 0 aliphatic carbocycles. The van der Waals surface area contributed by atoms with E-state index in [2.05, 4.69) is 43.3 Å². The van der Waals surface area contributed by atoms with Crippen molar-refractivity contribution in [2.75, 3.05) is 0 Å². The van der Waals surface area contributed by atoms with Gasteiger partial charge in [-0.25, -0.2) is 4.98 Å². The van der Waals surface area contributed by atoms with Crippen molar-refractivity contribution in [2.45, 2.75) is 108 Å². The minimum absolute atomic E-state index is 0. The van der Waals surface area contributed by atoms with Gasteiger partial charge in [0, 0.05) is 51.0 Å². The average Bonchev–Trinajstić information content (AvgIpc) is 2.94. The molecular weight excluding hydrogens is 721 g/mol. The van der Waals surface area contributed by atoms with Crippen LogP contribution in [0.1, 0.15) is 119 Å². The number of aryl methyl sites for hydroxylation is 2. The van der Waals surface area contributed by atoms with Crippen molar-refractivity contribution < 1.29 is 32.7 Å². The molecule has 0 unspecified atom stereocenters. The maximum atomic E-state index is 11.8. The zero-order valence-corrected chi connectivity index (χ0v) is 31.0. The van der Waals surface area contributed by atoms with E-state index in [9.17, 15) is 9.90 Å². The molecule has 0 bridgehead atoms. The summed E-state index contributed by atoms with van der Waals surface area (Å²) in [6, 6.07) is 17.8. The molecule has 1 aromatic heterocycles. The Morgan fingerprint density at radius 2 is 1.59 bits per heavy atom. The minimum atomic E-state index is -0.949. The SMILES string of the molecule is CCC(C)(C)C(=O)/C=C(\O)C(C)(C)CC.[2H]C(C)(C)c1nc(-c2[c-]c(C)cc(C)c2)c2ccc3cccc(C([2H])(C)C)c3c2n1.[Ir]. The van der Waals surface area contributed by atoms with Crippen molar-refractivity contribution in [3.05, 3.63) is 82.9 Å². The van der Waals surface area contributed by atoms with E-state index in [1.165, 1.54) is 6.08 Å². The van der Waals surface area contributed by atoms with Crippen LogP contribution < -0.4 is 0 Å². The Morgan fingerprint density at radius 3 is 2.14 bits per heavy atom. The third kappa shape index (κ3) is 8.43. The Kier molecular flexibility index (Phi) is 11.5. The van der Waals surface area contributed by atoms with Crippen LogP contribution in [0.25, 0.3) is 32.9 Å². The van der Waals surface area contributed by atoms with E-state index in [0.29, 0.717) is 5.82 Å². The smallest absolute Gasteiger partial charge is 0.164 e. The van der Waals surface area contributed by atoms with Gasteiger partial charge in [0.15, 0.2) is 5.78 Å². The molecule has 0 saturated carbocycles. The molecule has 1 radical (unpaired) electrons. The van der Waals surface area contributed by atoms with Gasteiger partial charge < -0.3 is 5.11 Å². The Morgan fingerprint density at radius 1 is 0.955 bits per heavy atom. The summed E-state index contributed by atoms with van der Waals surface area (Å²) in [5.74, 6) is -1.06. The maximum Gasteiger partial charge on any atom is 0.164 e. The second kappa shape index (κ2) is 14.9. The van der Waals surface area contributed by atoms with Crippen molar-refractivity contribution in [1.82, 2.24) is 9.97 Å². The normalized spacial score (nSPS) is 13.5. The Hall–Kier alpha value is -2.88. The number of carbonyl (C=O) groups is 1. The van der Waals surface area contributed by atoms with Gasteiger partial charge in [-0.2, -0.15) is 0 Å². The number of ketones is 1.